The van der Waals surface area contributed by atoms with E-state index >= 15 is 0 Å². The van der Waals surface area contributed by atoms with Gasteiger partial charge in [-0.2, -0.15) is 0 Å². The van der Waals surface area contributed by atoms with Crippen molar-refractivity contribution < 1.29 is 9.53 Å². The number of nitrogens with zero attached hydrogens (tertiary/aromatic N) is 1. The number of amides is 1. The van der Waals surface area contributed by atoms with Crippen LogP contribution in [0.5, 0.6) is 0 Å². The van der Waals surface area contributed by atoms with Gasteiger partial charge in [-0.15, -0.1) is 0 Å². The summed E-state index contributed by atoms with van der Waals surface area (Å²) in [7, 11) is 0. The predicted molar refractivity (Wildman–Crippen MR) is 54.9 cm³/mol. The molecule has 0 saturated heterocycles. The number of alkyl carbamates (subject to hydrolysis) is 1. The smallest absolute Gasteiger partial charge is 0.407 e. The summed E-state index contributed by atoms with van der Waals surface area (Å²) in [5, 5.41) is 2.63. The van der Waals surface area contributed by atoms with E-state index in [0.29, 0.717) is 13.1 Å². The van der Waals surface area contributed by atoms with Gasteiger partial charge in [0.15, 0.2) is 0 Å². The molecule has 1 amide bonds. The van der Waals surface area contributed by atoms with Gasteiger partial charge in [0.2, 0.25) is 6.54 Å². The number of carbonyl (C=O) groups is 1. The molecule has 0 aliphatic carbocycles. The molecule has 80 valence electrons. The maximum atomic E-state index is 11.1. The summed E-state index contributed by atoms with van der Waals surface area (Å²) in [5.41, 5.74) is -0.444. The van der Waals surface area contributed by atoms with Gasteiger partial charge in [0.1, 0.15) is 5.60 Å². The number of ether oxygens (including phenoxy) is 1. The number of unbranched alkanes of at least 4 members (excludes halogenated alkanes) is 1. The minimum absolute atomic E-state index is 0.389. The van der Waals surface area contributed by atoms with E-state index in [2.05, 4.69) is 10.2 Å². The summed E-state index contributed by atoms with van der Waals surface area (Å²) in [5.74, 6) is 0. The highest BCUT2D eigenvalue weighted by atomic mass is 16.6. The fourth-order valence-corrected chi connectivity index (χ4v) is 0.820. The van der Waals surface area contributed by atoms with Crippen LogP contribution >= 0.6 is 0 Å². The summed E-state index contributed by atoms with van der Waals surface area (Å²) < 4.78 is 5.03. The van der Waals surface area contributed by atoms with Crippen LogP contribution in [0.1, 0.15) is 33.6 Å². The highest BCUT2D eigenvalue weighted by molar-refractivity contribution is 5.67. The lowest BCUT2D eigenvalue weighted by atomic mass is 10.2. The maximum Gasteiger partial charge on any atom is 0.407 e. The minimum atomic E-state index is -0.444. The van der Waals surface area contributed by atoms with Crippen LogP contribution in [0, 0.1) is 6.57 Å². The molecule has 0 bridgehead atoms. The molecular formula is C10H18N2O2. The zero-order valence-corrected chi connectivity index (χ0v) is 9.09. The highest BCUT2D eigenvalue weighted by Crippen LogP contribution is 2.06. The van der Waals surface area contributed by atoms with Crippen molar-refractivity contribution in [3.63, 3.8) is 0 Å². The summed E-state index contributed by atoms with van der Waals surface area (Å²) in [4.78, 5) is 14.3. The lowest BCUT2D eigenvalue weighted by molar-refractivity contribution is 0.0527. The lowest BCUT2D eigenvalue weighted by Crippen LogP contribution is -2.33. The maximum absolute atomic E-state index is 11.1. The van der Waals surface area contributed by atoms with Gasteiger partial charge in [0.25, 0.3) is 0 Å². The number of hydrogen-bond acceptors (Lipinski definition) is 2. The van der Waals surface area contributed by atoms with E-state index in [9.17, 15) is 4.79 Å². The summed E-state index contributed by atoms with van der Waals surface area (Å²) in [6.07, 6.45) is 1.25. The van der Waals surface area contributed by atoms with Crippen molar-refractivity contribution in [3.05, 3.63) is 11.4 Å². The van der Waals surface area contributed by atoms with Crippen molar-refractivity contribution in [2.24, 2.45) is 0 Å². The standard InChI is InChI=1S/C10H18N2O2/c1-10(2,3)14-9(13)12-8-6-5-7-11-4/h5-8H2,1-3H3,(H,12,13). The molecule has 0 rings (SSSR count). The van der Waals surface area contributed by atoms with Crippen molar-refractivity contribution in [1.82, 2.24) is 5.32 Å². The molecule has 0 heterocycles. The lowest BCUT2D eigenvalue weighted by Gasteiger charge is -2.19. The van der Waals surface area contributed by atoms with E-state index in [1.54, 1.807) is 0 Å². The molecule has 0 radical (unpaired) electrons. The van der Waals surface area contributed by atoms with Gasteiger partial charge in [-0.1, -0.05) is 0 Å². The first-order valence-electron chi connectivity index (χ1n) is 4.76. The van der Waals surface area contributed by atoms with Gasteiger partial charge in [0, 0.05) is 13.0 Å². The minimum Gasteiger partial charge on any atom is -0.444 e. The monoisotopic (exact) mass is 198 g/mol. The van der Waals surface area contributed by atoms with Crippen LogP contribution in [0.3, 0.4) is 0 Å². The van der Waals surface area contributed by atoms with Crippen LogP contribution in [0.2, 0.25) is 0 Å². The third-order valence-electron chi connectivity index (χ3n) is 1.36. The molecule has 14 heavy (non-hydrogen) atoms. The molecule has 0 aromatic carbocycles. The summed E-state index contributed by atoms with van der Waals surface area (Å²) in [6, 6.07) is 0. The van der Waals surface area contributed by atoms with Crippen LogP contribution in [0.15, 0.2) is 0 Å². The number of rotatable bonds is 4. The summed E-state index contributed by atoms with van der Waals surface area (Å²) in [6.45, 7) is 13.1. The van der Waals surface area contributed by atoms with Crippen LogP contribution in [0.25, 0.3) is 4.85 Å². The van der Waals surface area contributed by atoms with Gasteiger partial charge < -0.3 is 14.9 Å². The molecule has 0 atom stereocenters. The Morgan fingerprint density at radius 3 is 2.57 bits per heavy atom. The molecular weight excluding hydrogens is 180 g/mol. The second-order valence-electron chi connectivity index (χ2n) is 4.02. The van der Waals surface area contributed by atoms with Crippen molar-refractivity contribution >= 4 is 6.09 Å². The quantitative estimate of drug-likeness (QED) is 0.556. The fourth-order valence-electron chi connectivity index (χ4n) is 0.820. The Labute approximate surface area is 85.5 Å². The molecule has 4 nitrogen and oxygen atoms in total. The van der Waals surface area contributed by atoms with Gasteiger partial charge in [-0.05, 0) is 27.2 Å². The average Bonchev–Trinajstić information content (AvgIpc) is 2.00. The van der Waals surface area contributed by atoms with E-state index in [1.165, 1.54) is 0 Å². The van der Waals surface area contributed by atoms with Crippen LogP contribution in [0.4, 0.5) is 4.79 Å². The first-order chi connectivity index (χ1) is 6.45. The van der Waals surface area contributed by atoms with Gasteiger partial charge in [0.05, 0.1) is 0 Å². The van der Waals surface area contributed by atoms with Crippen molar-refractivity contribution in [2.75, 3.05) is 13.1 Å². The van der Waals surface area contributed by atoms with Crippen LogP contribution < -0.4 is 5.32 Å². The molecule has 0 spiro atoms. The first-order valence-corrected chi connectivity index (χ1v) is 4.76. The van der Waals surface area contributed by atoms with Crippen LogP contribution in [-0.2, 0) is 4.74 Å². The SMILES string of the molecule is [C-]#[N+]CCCCNC(=O)OC(C)(C)C. The van der Waals surface area contributed by atoms with E-state index in [0.717, 1.165) is 12.8 Å². The largest absolute Gasteiger partial charge is 0.444 e. The second kappa shape index (κ2) is 6.25. The number of nitrogens with one attached hydrogen (secondary N) is 1. The zero-order valence-electron chi connectivity index (χ0n) is 9.09. The molecule has 0 aromatic rings. The molecule has 0 aliphatic rings. The molecule has 0 saturated carbocycles. The van der Waals surface area contributed by atoms with E-state index in [1.807, 2.05) is 20.8 Å². The highest BCUT2D eigenvalue weighted by Gasteiger charge is 2.15. The summed E-state index contributed by atoms with van der Waals surface area (Å²) >= 11 is 0. The molecule has 4 heteroatoms. The van der Waals surface area contributed by atoms with E-state index in [4.69, 9.17) is 11.3 Å². The second-order valence-corrected chi connectivity index (χ2v) is 4.02. The van der Waals surface area contributed by atoms with Gasteiger partial charge >= 0.3 is 6.09 Å². The fraction of sp³-hybridized carbons (Fsp3) is 0.800. The molecule has 0 aromatic heterocycles. The third-order valence-corrected chi connectivity index (χ3v) is 1.36. The molecule has 0 unspecified atom stereocenters. The van der Waals surface area contributed by atoms with Crippen molar-refractivity contribution in [2.45, 2.75) is 39.2 Å². The van der Waals surface area contributed by atoms with Crippen molar-refractivity contribution in [1.29, 1.82) is 0 Å². The Morgan fingerprint density at radius 2 is 2.07 bits per heavy atom. The predicted octanol–water partition coefficient (Wildman–Crippen LogP) is 2.21. The zero-order chi connectivity index (χ0) is 11.0. The topological polar surface area (TPSA) is 42.7 Å². The Hall–Kier alpha value is -1.24. The Bertz CT molecular complexity index is 213. The van der Waals surface area contributed by atoms with Gasteiger partial charge in [-0.3, -0.25) is 0 Å². The normalized spacial score (nSPS) is 10.4. The Kier molecular flexibility index (Phi) is 5.70. The average molecular weight is 198 g/mol. The molecule has 1 N–H and O–H groups in total. The van der Waals surface area contributed by atoms with E-state index in [-0.39, 0.29) is 6.09 Å². The van der Waals surface area contributed by atoms with Crippen LogP contribution in [-0.4, -0.2) is 24.8 Å². The van der Waals surface area contributed by atoms with E-state index < -0.39 is 5.60 Å². The Morgan fingerprint density at radius 1 is 1.43 bits per heavy atom. The first kappa shape index (κ1) is 12.8. The van der Waals surface area contributed by atoms with Gasteiger partial charge in [-0.25, -0.2) is 11.4 Å². The molecule has 0 aliphatic heterocycles. The number of hydrogen-bond donors (Lipinski definition) is 1. The molecule has 0 fully saturated rings. The number of carbonyl (C=O) groups excluding carboxylic acids is 1. The Balaban J connectivity index is 3.42. The van der Waals surface area contributed by atoms with Crippen molar-refractivity contribution in [3.8, 4) is 0 Å². The third kappa shape index (κ3) is 8.85.